The Morgan fingerprint density at radius 3 is 2.82 bits per heavy atom. The van der Waals surface area contributed by atoms with Gasteiger partial charge in [-0.05, 0) is 25.0 Å². The van der Waals surface area contributed by atoms with Crippen LogP contribution in [-0.2, 0) is 17.8 Å². The smallest absolute Gasteiger partial charge is 0.328 e. The molecular formula is C10H14N2O4S. The topological polar surface area (TPSA) is 84.5 Å². The molecule has 6 nitrogen and oxygen atoms in total. The quantitative estimate of drug-likeness (QED) is 0.678. The van der Waals surface area contributed by atoms with Crippen LogP contribution >= 0.6 is 12.6 Å². The predicted molar refractivity (Wildman–Crippen MR) is 63.8 cm³/mol. The van der Waals surface area contributed by atoms with Gasteiger partial charge >= 0.3 is 5.97 Å². The standard InChI is InChI=1S/C10H14N2O4S/c13-8-6(3-5-17)9(14)12-7(10(15)16)2-1-4-11(8)12/h7,13,17H,1-5H2,(H,15,16). The second-order valence-corrected chi connectivity index (χ2v) is 4.49. The summed E-state index contributed by atoms with van der Waals surface area (Å²) in [6.07, 6.45) is 1.39. The zero-order valence-electron chi connectivity index (χ0n) is 9.17. The fourth-order valence-electron chi connectivity index (χ4n) is 2.24. The first-order valence-corrected chi connectivity index (χ1v) is 6.08. The van der Waals surface area contributed by atoms with Crippen LogP contribution in [0.25, 0.3) is 0 Å². The minimum Gasteiger partial charge on any atom is -0.493 e. The van der Waals surface area contributed by atoms with Crippen LogP contribution in [0.5, 0.6) is 5.88 Å². The number of hydrogen-bond acceptors (Lipinski definition) is 4. The van der Waals surface area contributed by atoms with E-state index in [0.29, 0.717) is 31.6 Å². The number of aromatic hydroxyl groups is 1. The Kier molecular flexibility index (Phi) is 3.19. The van der Waals surface area contributed by atoms with Crippen molar-refractivity contribution >= 4 is 18.6 Å². The largest absolute Gasteiger partial charge is 0.493 e. The second kappa shape index (κ2) is 4.48. The van der Waals surface area contributed by atoms with Crippen LogP contribution in [0, 0.1) is 0 Å². The molecular weight excluding hydrogens is 244 g/mol. The average Bonchev–Trinajstić information content (AvgIpc) is 2.55. The van der Waals surface area contributed by atoms with Crippen LogP contribution in [0.2, 0.25) is 0 Å². The lowest BCUT2D eigenvalue weighted by atomic mass is 10.1. The minimum absolute atomic E-state index is 0.116. The van der Waals surface area contributed by atoms with Gasteiger partial charge in [0, 0.05) is 6.54 Å². The molecule has 1 aliphatic heterocycles. The summed E-state index contributed by atoms with van der Waals surface area (Å²) in [5.41, 5.74) is -0.156. The molecule has 17 heavy (non-hydrogen) atoms. The van der Waals surface area contributed by atoms with Crippen LogP contribution in [-0.4, -0.2) is 31.3 Å². The summed E-state index contributed by atoms with van der Waals surface area (Å²) in [7, 11) is 0. The molecule has 0 saturated carbocycles. The molecule has 2 N–H and O–H groups in total. The molecule has 0 aromatic carbocycles. The van der Waals surface area contributed by atoms with Gasteiger partial charge in [0.1, 0.15) is 0 Å². The maximum absolute atomic E-state index is 12.0. The lowest BCUT2D eigenvalue weighted by Crippen LogP contribution is -2.36. The molecule has 0 bridgehead atoms. The molecule has 1 aliphatic rings. The van der Waals surface area contributed by atoms with E-state index in [9.17, 15) is 14.7 Å². The predicted octanol–water partition coefficient (Wildman–Crippen LogP) is 0.247. The Hall–Kier alpha value is -1.37. The van der Waals surface area contributed by atoms with E-state index in [0.717, 1.165) is 4.68 Å². The number of aliphatic carboxylic acids is 1. The van der Waals surface area contributed by atoms with E-state index < -0.39 is 17.6 Å². The molecule has 2 rings (SSSR count). The third kappa shape index (κ3) is 1.84. The van der Waals surface area contributed by atoms with Crippen molar-refractivity contribution in [3.05, 3.63) is 15.9 Å². The summed E-state index contributed by atoms with van der Waals surface area (Å²) in [6.45, 7) is 0.470. The van der Waals surface area contributed by atoms with Gasteiger partial charge in [0.25, 0.3) is 5.56 Å². The van der Waals surface area contributed by atoms with Crippen LogP contribution in [0.3, 0.4) is 0 Å². The van der Waals surface area contributed by atoms with Gasteiger partial charge in [-0.3, -0.25) is 9.48 Å². The van der Waals surface area contributed by atoms with Crippen molar-refractivity contribution in [1.29, 1.82) is 0 Å². The number of carboxylic acid groups (broad SMARTS) is 1. The highest BCUT2D eigenvalue weighted by atomic mass is 32.1. The van der Waals surface area contributed by atoms with Gasteiger partial charge in [-0.15, -0.1) is 0 Å². The molecule has 7 heteroatoms. The first-order valence-electron chi connectivity index (χ1n) is 5.44. The molecule has 0 radical (unpaired) electrons. The molecule has 0 aliphatic carbocycles. The first kappa shape index (κ1) is 12.1. The summed E-state index contributed by atoms with van der Waals surface area (Å²) in [6, 6.07) is -0.879. The van der Waals surface area contributed by atoms with Gasteiger partial charge in [0.05, 0.1) is 5.56 Å². The van der Waals surface area contributed by atoms with E-state index in [-0.39, 0.29) is 11.4 Å². The van der Waals surface area contributed by atoms with Crippen molar-refractivity contribution < 1.29 is 15.0 Å². The highest BCUT2D eigenvalue weighted by molar-refractivity contribution is 7.80. The van der Waals surface area contributed by atoms with Crippen LogP contribution in [0.15, 0.2) is 4.79 Å². The third-order valence-electron chi connectivity index (χ3n) is 3.03. The number of carboxylic acids is 1. The van der Waals surface area contributed by atoms with E-state index in [1.165, 1.54) is 4.68 Å². The third-order valence-corrected chi connectivity index (χ3v) is 3.25. The first-order chi connectivity index (χ1) is 8.07. The van der Waals surface area contributed by atoms with E-state index in [1.807, 2.05) is 0 Å². The molecule has 0 spiro atoms. The molecule has 0 amide bonds. The zero-order valence-corrected chi connectivity index (χ0v) is 10.1. The summed E-state index contributed by atoms with van der Waals surface area (Å²) in [4.78, 5) is 23.1. The Morgan fingerprint density at radius 1 is 1.53 bits per heavy atom. The molecule has 1 aromatic rings. The number of aromatic nitrogens is 2. The van der Waals surface area contributed by atoms with Crippen LogP contribution < -0.4 is 5.56 Å². The Morgan fingerprint density at radius 2 is 2.24 bits per heavy atom. The molecule has 1 atom stereocenters. The molecule has 1 aromatic heterocycles. The van der Waals surface area contributed by atoms with E-state index >= 15 is 0 Å². The second-order valence-electron chi connectivity index (χ2n) is 4.04. The van der Waals surface area contributed by atoms with Crippen molar-refractivity contribution in [2.45, 2.75) is 31.8 Å². The number of hydrogen-bond donors (Lipinski definition) is 3. The number of fused-ring (bicyclic) bond motifs is 1. The van der Waals surface area contributed by atoms with Crippen LogP contribution in [0.1, 0.15) is 24.4 Å². The van der Waals surface area contributed by atoms with Gasteiger partial charge in [-0.1, -0.05) is 0 Å². The lowest BCUT2D eigenvalue weighted by molar-refractivity contribution is -0.142. The highest BCUT2D eigenvalue weighted by Gasteiger charge is 2.31. The molecule has 0 saturated heterocycles. The SMILES string of the molecule is O=C(O)C1CCCn2c(O)c(CCS)c(=O)n21. The van der Waals surface area contributed by atoms with Crippen molar-refractivity contribution in [1.82, 2.24) is 9.36 Å². The van der Waals surface area contributed by atoms with Gasteiger partial charge in [-0.25, -0.2) is 9.48 Å². The van der Waals surface area contributed by atoms with Crippen LogP contribution in [0.4, 0.5) is 0 Å². The molecule has 94 valence electrons. The summed E-state index contributed by atoms with van der Waals surface area (Å²) < 4.78 is 2.52. The Bertz CT molecular complexity index is 505. The monoisotopic (exact) mass is 258 g/mol. The Labute approximate surface area is 103 Å². The molecule has 0 fully saturated rings. The number of thiol groups is 1. The fourth-order valence-corrected chi connectivity index (χ4v) is 2.46. The average molecular weight is 258 g/mol. The minimum atomic E-state index is -1.04. The van der Waals surface area contributed by atoms with Gasteiger partial charge in [0.2, 0.25) is 5.88 Å². The lowest BCUT2D eigenvalue weighted by Gasteiger charge is -2.23. The highest BCUT2D eigenvalue weighted by Crippen LogP contribution is 2.26. The molecule has 2 heterocycles. The van der Waals surface area contributed by atoms with E-state index in [1.54, 1.807) is 0 Å². The normalized spacial score (nSPS) is 19.0. The van der Waals surface area contributed by atoms with Gasteiger partial charge < -0.3 is 10.2 Å². The number of nitrogens with zero attached hydrogens (tertiary/aromatic N) is 2. The van der Waals surface area contributed by atoms with E-state index in [2.05, 4.69) is 12.6 Å². The van der Waals surface area contributed by atoms with Gasteiger partial charge in [-0.2, -0.15) is 12.6 Å². The van der Waals surface area contributed by atoms with Crippen molar-refractivity contribution in [2.24, 2.45) is 0 Å². The van der Waals surface area contributed by atoms with Crippen molar-refractivity contribution in [3.63, 3.8) is 0 Å². The maximum Gasteiger partial charge on any atom is 0.328 e. The van der Waals surface area contributed by atoms with Gasteiger partial charge in [0.15, 0.2) is 6.04 Å². The number of rotatable bonds is 3. The van der Waals surface area contributed by atoms with Crippen molar-refractivity contribution in [3.8, 4) is 5.88 Å². The summed E-state index contributed by atoms with van der Waals surface area (Å²) in [5.74, 6) is -0.720. The number of carbonyl (C=O) groups is 1. The summed E-state index contributed by atoms with van der Waals surface area (Å²) >= 11 is 4.02. The maximum atomic E-state index is 12.0. The zero-order chi connectivity index (χ0) is 12.6. The fraction of sp³-hybridized carbons (Fsp3) is 0.600. The molecule has 1 unspecified atom stereocenters. The Balaban J connectivity index is 2.58. The summed E-state index contributed by atoms with van der Waals surface area (Å²) in [5, 5.41) is 19.0. The van der Waals surface area contributed by atoms with Crippen molar-refractivity contribution in [2.75, 3.05) is 5.75 Å². The van der Waals surface area contributed by atoms with E-state index in [4.69, 9.17) is 5.11 Å².